The fourth-order valence-electron chi connectivity index (χ4n) is 2.56. The molecule has 2 aromatic rings. The third kappa shape index (κ3) is 5.06. The Balaban J connectivity index is 2.26. The van der Waals surface area contributed by atoms with Gasteiger partial charge in [-0.2, -0.15) is 0 Å². The molecule has 2 rings (SSSR count). The summed E-state index contributed by atoms with van der Waals surface area (Å²) in [5, 5.41) is 4.50. The van der Waals surface area contributed by atoms with Crippen LogP contribution in [0.15, 0.2) is 36.5 Å². The van der Waals surface area contributed by atoms with Gasteiger partial charge in [-0.3, -0.25) is 4.98 Å². The van der Waals surface area contributed by atoms with Crippen molar-refractivity contribution in [2.24, 2.45) is 0 Å². The highest BCUT2D eigenvalue weighted by Crippen LogP contribution is 2.31. The molecule has 140 valence electrons. The van der Waals surface area contributed by atoms with Crippen LogP contribution in [0.4, 0.5) is 5.69 Å². The minimum absolute atomic E-state index is 0.00857. The highest BCUT2D eigenvalue weighted by Gasteiger charge is 2.20. The van der Waals surface area contributed by atoms with Gasteiger partial charge in [-0.25, -0.2) is 0 Å². The minimum atomic E-state index is -0.00857. The lowest BCUT2D eigenvalue weighted by Crippen LogP contribution is -2.39. The van der Waals surface area contributed by atoms with E-state index in [2.05, 4.69) is 17.2 Å². The zero-order valence-electron chi connectivity index (χ0n) is 15.5. The fourth-order valence-corrected chi connectivity index (χ4v) is 3.07. The Morgan fingerprint density at radius 3 is 2.73 bits per heavy atom. The van der Waals surface area contributed by atoms with E-state index in [0.29, 0.717) is 29.0 Å². The van der Waals surface area contributed by atoms with Gasteiger partial charge in [0.25, 0.3) is 0 Å². The molecule has 0 fully saturated rings. The van der Waals surface area contributed by atoms with Crippen LogP contribution in [-0.2, 0) is 4.74 Å². The number of methoxy groups -OCH3 is 2. The maximum absolute atomic E-state index is 6.19. The van der Waals surface area contributed by atoms with E-state index < -0.39 is 0 Å². The van der Waals surface area contributed by atoms with Gasteiger partial charge in [-0.1, -0.05) is 17.7 Å². The average Bonchev–Trinajstić information content (AvgIpc) is 2.65. The lowest BCUT2D eigenvalue weighted by molar-refractivity contribution is 0.164. The SMILES string of the molecule is COCCN(C(=S)Nc1cc(C)c(Cl)cc1OC)[C@H](C)c1ccccn1. The van der Waals surface area contributed by atoms with Crippen molar-refractivity contribution in [3.8, 4) is 5.75 Å². The number of nitrogens with zero attached hydrogens (tertiary/aromatic N) is 2. The van der Waals surface area contributed by atoms with Crippen molar-refractivity contribution in [3.63, 3.8) is 0 Å². The molecular weight excluding hydrogens is 370 g/mol. The Morgan fingerprint density at radius 2 is 2.12 bits per heavy atom. The summed E-state index contributed by atoms with van der Waals surface area (Å²) in [7, 11) is 3.28. The molecule has 0 saturated heterocycles. The molecule has 1 atom stereocenters. The first-order chi connectivity index (χ1) is 12.5. The van der Waals surface area contributed by atoms with Crippen LogP contribution in [0.5, 0.6) is 5.75 Å². The van der Waals surface area contributed by atoms with E-state index in [4.69, 9.17) is 33.3 Å². The number of nitrogens with one attached hydrogen (secondary N) is 1. The van der Waals surface area contributed by atoms with Gasteiger partial charge in [0, 0.05) is 30.9 Å². The number of anilines is 1. The first-order valence-corrected chi connectivity index (χ1v) is 9.08. The van der Waals surface area contributed by atoms with Crippen LogP contribution in [0, 0.1) is 6.92 Å². The van der Waals surface area contributed by atoms with Gasteiger partial charge in [0.05, 0.1) is 31.1 Å². The highest BCUT2D eigenvalue weighted by atomic mass is 35.5. The van der Waals surface area contributed by atoms with Gasteiger partial charge in [0.1, 0.15) is 5.75 Å². The number of hydrogen-bond donors (Lipinski definition) is 1. The summed E-state index contributed by atoms with van der Waals surface area (Å²) in [6.07, 6.45) is 1.78. The zero-order valence-corrected chi connectivity index (χ0v) is 17.0. The Hall–Kier alpha value is -1.89. The highest BCUT2D eigenvalue weighted by molar-refractivity contribution is 7.80. The van der Waals surface area contributed by atoms with Crippen LogP contribution in [0.2, 0.25) is 5.02 Å². The summed E-state index contributed by atoms with van der Waals surface area (Å²) < 4.78 is 10.7. The Bertz CT molecular complexity index is 743. The first kappa shape index (κ1) is 20.4. The van der Waals surface area contributed by atoms with Crippen molar-refractivity contribution < 1.29 is 9.47 Å². The monoisotopic (exact) mass is 393 g/mol. The lowest BCUT2D eigenvalue weighted by atomic mass is 10.2. The molecule has 1 heterocycles. The number of ether oxygens (including phenoxy) is 2. The van der Waals surface area contributed by atoms with Gasteiger partial charge in [-0.05, 0) is 49.8 Å². The number of benzene rings is 1. The standard InChI is InChI=1S/C19H24ClN3O2S/c1-13-11-17(18(25-4)12-15(13)20)22-19(26)23(9-10-24-3)14(2)16-7-5-6-8-21-16/h5-8,11-12,14H,9-10H2,1-4H3,(H,22,26)/t14-/m1/s1. The lowest BCUT2D eigenvalue weighted by Gasteiger charge is -2.31. The molecule has 0 bridgehead atoms. The average molecular weight is 394 g/mol. The largest absolute Gasteiger partial charge is 0.495 e. The summed E-state index contributed by atoms with van der Waals surface area (Å²) in [4.78, 5) is 6.49. The van der Waals surface area contributed by atoms with E-state index in [-0.39, 0.29) is 6.04 Å². The van der Waals surface area contributed by atoms with E-state index >= 15 is 0 Å². The smallest absolute Gasteiger partial charge is 0.174 e. The maximum atomic E-state index is 6.19. The number of thiocarbonyl (C=S) groups is 1. The summed E-state index contributed by atoms with van der Waals surface area (Å²) in [6.45, 7) is 5.19. The van der Waals surface area contributed by atoms with Crippen molar-refractivity contribution in [2.75, 3.05) is 32.7 Å². The molecular formula is C19H24ClN3O2S. The van der Waals surface area contributed by atoms with Crippen LogP contribution < -0.4 is 10.1 Å². The number of aryl methyl sites for hydroxylation is 1. The molecule has 1 N–H and O–H groups in total. The summed E-state index contributed by atoms with van der Waals surface area (Å²) in [5.74, 6) is 0.639. The topological polar surface area (TPSA) is 46.6 Å². The van der Waals surface area contributed by atoms with E-state index in [1.807, 2.05) is 36.1 Å². The molecule has 0 aliphatic rings. The number of halogens is 1. The Kier molecular flexibility index (Phi) is 7.63. The normalized spacial score (nSPS) is 11.7. The van der Waals surface area contributed by atoms with Crippen LogP contribution >= 0.6 is 23.8 Å². The second kappa shape index (κ2) is 9.71. The molecule has 0 aliphatic carbocycles. The quantitative estimate of drug-likeness (QED) is 0.701. The van der Waals surface area contributed by atoms with Gasteiger partial charge in [0.15, 0.2) is 5.11 Å². The minimum Gasteiger partial charge on any atom is -0.495 e. The fraction of sp³-hybridized carbons (Fsp3) is 0.368. The van der Waals surface area contributed by atoms with Gasteiger partial charge >= 0.3 is 0 Å². The maximum Gasteiger partial charge on any atom is 0.174 e. The molecule has 7 heteroatoms. The molecule has 0 amide bonds. The van der Waals surface area contributed by atoms with E-state index in [0.717, 1.165) is 16.9 Å². The number of pyridine rings is 1. The van der Waals surface area contributed by atoms with Crippen LogP contribution in [-0.4, -0.2) is 42.4 Å². The third-order valence-electron chi connectivity index (χ3n) is 4.10. The van der Waals surface area contributed by atoms with Crippen molar-refractivity contribution in [2.45, 2.75) is 19.9 Å². The molecule has 0 saturated carbocycles. The molecule has 1 aromatic carbocycles. The van der Waals surface area contributed by atoms with Gasteiger partial charge < -0.3 is 19.7 Å². The first-order valence-electron chi connectivity index (χ1n) is 8.29. The summed E-state index contributed by atoms with van der Waals surface area (Å²) >= 11 is 11.9. The second-order valence-electron chi connectivity index (χ2n) is 5.85. The van der Waals surface area contributed by atoms with Gasteiger partial charge in [0.2, 0.25) is 0 Å². The Labute approximate surface area is 165 Å². The number of hydrogen-bond acceptors (Lipinski definition) is 4. The molecule has 26 heavy (non-hydrogen) atoms. The van der Waals surface area contributed by atoms with Crippen molar-refractivity contribution in [3.05, 3.63) is 52.8 Å². The van der Waals surface area contributed by atoms with Crippen LogP contribution in [0.1, 0.15) is 24.2 Å². The van der Waals surface area contributed by atoms with Crippen LogP contribution in [0.25, 0.3) is 0 Å². The van der Waals surface area contributed by atoms with Gasteiger partial charge in [-0.15, -0.1) is 0 Å². The molecule has 0 unspecified atom stereocenters. The predicted molar refractivity (Wildman–Crippen MR) is 110 cm³/mol. The van der Waals surface area contributed by atoms with Crippen LogP contribution in [0.3, 0.4) is 0 Å². The molecule has 0 radical (unpaired) electrons. The summed E-state index contributed by atoms with van der Waals surface area (Å²) in [5.41, 5.74) is 2.65. The Morgan fingerprint density at radius 1 is 1.35 bits per heavy atom. The zero-order chi connectivity index (χ0) is 19.1. The van der Waals surface area contributed by atoms with Crippen molar-refractivity contribution >= 4 is 34.6 Å². The molecule has 0 spiro atoms. The predicted octanol–water partition coefficient (Wildman–Crippen LogP) is 4.46. The molecule has 0 aliphatic heterocycles. The second-order valence-corrected chi connectivity index (χ2v) is 6.64. The molecule has 1 aromatic heterocycles. The number of rotatable bonds is 7. The van der Waals surface area contributed by atoms with E-state index in [1.54, 1.807) is 26.5 Å². The third-order valence-corrected chi connectivity index (χ3v) is 4.85. The van der Waals surface area contributed by atoms with Crippen molar-refractivity contribution in [1.82, 2.24) is 9.88 Å². The summed E-state index contributed by atoms with van der Waals surface area (Å²) in [6, 6.07) is 9.55. The van der Waals surface area contributed by atoms with Crippen molar-refractivity contribution in [1.29, 1.82) is 0 Å². The number of aromatic nitrogens is 1. The molecule has 5 nitrogen and oxygen atoms in total. The van der Waals surface area contributed by atoms with E-state index in [9.17, 15) is 0 Å². The van der Waals surface area contributed by atoms with E-state index in [1.165, 1.54) is 0 Å².